The number of anilines is 1. The average Bonchev–Trinajstić information content (AvgIpc) is 2.65. The molecule has 132 valence electrons. The summed E-state index contributed by atoms with van der Waals surface area (Å²) in [6.07, 6.45) is 0. The Hall–Kier alpha value is -4.00. The van der Waals surface area contributed by atoms with Crippen LogP contribution in [0, 0.1) is 0 Å². The van der Waals surface area contributed by atoms with E-state index in [4.69, 9.17) is 0 Å². The van der Waals surface area contributed by atoms with Crippen LogP contribution in [0.3, 0.4) is 0 Å². The highest BCUT2D eigenvalue weighted by Crippen LogP contribution is 2.33. The maximum Gasteiger partial charge on any atom is 0.335 e. The van der Waals surface area contributed by atoms with Crippen molar-refractivity contribution in [3.63, 3.8) is 0 Å². The van der Waals surface area contributed by atoms with Crippen LogP contribution in [-0.2, 0) is 0 Å². The van der Waals surface area contributed by atoms with Crippen molar-refractivity contribution < 1.29 is 29.4 Å². The van der Waals surface area contributed by atoms with Gasteiger partial charge in [-0.15, -0.1) is 0 Å². The molecule has 0 bridgehead atoms. The predicted molar refractivity (Wildman–Crippen MR) is 95.4 cm³/mol. The minimum atomic E-state index is -1.36. The summed E-state index contributed by atoms with van der Waals surface area (Å²) in [6, 6.07) is 13.3. The number of carboxylic acid groups (broad SMARTS) is 2. The number of hydrogen-bond acceptors (Lipinski definition) is 4. The van der Waals surface area contributed by atoms with Crippen molar-refractivity contribution in [1.82, 2.24) is 0 Å². The van der Waals surface area contributed by atoms with E-state index in [0.717, 1.165) is 28.5 Å². The molecule has 0 radical (unpaired) electrons. The molecule has 0 aliphatic carbocycles. The lowest BCUT2D eigenvalue weighted by Gasteiger charge is -2.27. The quantitative estimate of drug-likeness (QED) is 0.694. The van der Waals surface area contributed by atoms with Gasteiger partial charge in [0.1, 0.15) is 0 Å². The lowest BCUT2D eigenvalue weighted by atomic mass is 9.93. The summed E-state index contributed by atoms with van der Waals surface area (Å²) >= 11 is 0. The highest BCUT2D eigenvalue weighted by molar-refractivity contribution is 6.36. The maximum absolute atomic E-state index is 13.0. The molecule has 2 N–H and O–H groups in total. The molecule has 0 saturated heterocycles. The first kappa shape index (κ1) is 16.5. The molecule has 4 rings (SSSR count). The SMILES string of the molecule is O=C(O)c1cc(C(=O)O)cc(N2C(=O)c3cccc4cccc(c34)C2=O)c1. The molecule has 7 nitrogen and oxygen atoms in total. The Morgan fingerprint density at radius 1 is 0.741 bits per heavy atom. The third-order valence-corrected chi connectivity index (χ3v) is 4.44. The van der Waals surface area contributed by atoms with Crippen LogP contribution >= 0.6 is 0 Å². The second-order valence-electron chi connectivity index (χ2n) is 6.03. The molecule has 0 atom stereocenters. The van der Waals surface area contributed by atoms with Crippen LogP contribution in [0.1, 0.15) is 41.4 Å². The summed E-state index contributed by atoms with van der Waals surface area (Å²) in [4.78, 5) is 49.5. The number of carbonyl (C=O) groups excluding carboxylic acids is 2. The number of amides is 2. The van der Waals surface area contributed by atoms with Crippen molar-refractivity contribution in [3.05, 3.63) is 76.9 Å². The fourth-order valence-corrected chi connectivity index (χ4v) is 3.25. The number of benzene rings is 3. The van der Waals surface area contributed by atoms with E-state index in [1.165, 1.54) is 0 Å². The highest BCUT2D eigenvalue weighted by Gasteiger charge is 2.34. The van der Waals surface area contributed by atoms with Crippen molar-refractivity contribution in [1.29, 1.82) is 0 Å². The van der Waals surface area contributed by atoms with Gasteiger partial charge in [-0.25, -0.2) is 14.5 Å². The zero-order valence-electron chi connectivity index (χ0n) is 13.7. The van der Waals surface area contributed by atoms with Crippen molar-refractivity contribution in [2.45, 2.75) is 0 Å². The topological polar surface area (TPSA) is 112 Å². The third kappa shape index (κ3) is 2.44. The van der Waals surface area contributed by atoms with E-state index in [1.807, 2.05) is 0 Å². The number of carbonyl (C=O) groups is 4. The minimum absolute atomic E-state index is 0.103. The Balaban J connectivity index is 1.96. The van der Waals surface area contributed by atoms with E-state index in [1.54, 1.807) is 36.4 Å². The first-order valence-electron chi connectivity index (χ1n) is 7.90. The first-order chi connectivity index (χ1) is 12.9. The summed E-state index contributed by atoms with van der Waals surface area (Å²) < 4.78 is 0. The van der Waals surface area contributed by atoms with Gasteiger partial charge in [-0.05, 0) is 35.7 Å². The van der Waals surface area contributed by atoms with Crippen LogP contribution < -0.4 is 4.90 Å². The van der Waals surface area contributed by atoms with Gasteiger partial charge in [0.15, 0.2) is 0 Å². The van der Waals surface area contributed by atoms with E-state index >= 15 is 0 Å². The average molecular weight is 361 g/mol. The fourth-order valence-electron chi connectivity index (χ4n) is 3.25. The minimum Gasteiger partial charge on any atom is -0.478 e. The Bertz CT molecular complexity index is 1100. The molecule has 3 aromatic carbocycles. The van der Waals surface area contributed by atoms with Crippen molar-refractivity contribution in [3.8, 4) is 0 Å². The zero-order chi connectivity index (χ0) is 19.3. The van der Waals surface area contributed by atoms with Crippen LogP contribution in [0.15, 0.2) is 54.6 Å². The van der Waals surface area contributed by atoms with Crippen LogP contribution in [0.5, 0.6) is 0 Å². The van der Waals surface area contributed by atoms with Gasteiger partial charge >= 0.3 is 11.9 Å². The lowest BCUT2D eigenvalue weighted by molar-refractivity contribution is 0.0695. The second-order valence-corrected chi connectivity index (χ2v) is 6.03. The smallest absolute Gasteiger partial charge is 0.335 e. The summed E-state index contributed by atoms with van der Waals surface area (Å²) in [7, 11) is 0. The number of carboxylic acids is 2. The molecule has 1 heterocycles. The van der Waals surface area contributed by atoms with Gasteiger partial charge in [0.05, 0.1) is 16.8 Å². The fraction of sp³-hybridized carbons (Fsp3) is 0. The third-order valence-electron chi connectivity index (χ3n) is 4.44. The molecule has 7 heteroatoms. The lowest BCUT2D eigenvalue weighted by Crippen LogP contribution is -2.40. The number of imide groups is 1. The largest absolute Gasteiger partial charge is 0.478 e. The number of hydrogen-bond donors (Lipinski definition) is 2. The Labute approximate surface area is 152 Å². The number of rotatable bonds is 3. The normalized spacial score (nSPS) is 13.1. The predicted octanol–water partition coefficient (Wildman–Crippen LogP) is 3.04. The summed E-state index contributed by atoms with van der Waals surface area (Å²) in [5, 5.41) is 19.8. The van der Waals surface area contributed by atoms with Gasteiger partial charge in [-0.2, -0.15) is 0 Å². The van der Waals surface area contributed by atoms with Gasteiger partial charge in [0, 0.05) is 16.5 Å². The van der Waals surface area contributed by atoms with Gasteiger partial charge in [0.2, 0.25) is 0 Å². The molecule has 2 amide bonds. The molecule has 0 saturated carbocycles. The number of aromatic carboxylic acids is 2. The van der Waals surface area contributed by atoms with Crippen LogP contribution in [0.25, 0.3) is 10.8 Å². The van der Waals surface area contributed by atoms with E-state index in [2.05, 4.69) is 0 Å². The molecule has 0 unspecified atom stereocenters. The second kappa shape index (κ2) is 5.77. The zero-order valence-corrected chi connectivity index (χ0v) is 13.7. The summed E-state index contributed by atoms with van der Waals surface area (Å²) in [5.41, 5.74) is -0.181. The maximum atomic E-state index is 13.0. The Morgan fingerprint density at radius 2 is 1.22 bits per heavy atom. The number of nitrogens with zero attached hydrogens (tertiary/aromatic N) is 1. The Kier molecular flexibility index (Phi) is 3.52. The van der Waals surface area contributed by atoms with Crippen LogP contribution in [-0.4, -0.2) is 34.0 Å². The van der Waals surface area contributed by atoms with E-state index in [-0.39, 0.29) is 16.8 Å². The summed E-state index contributed by atoms with van der Waals surface area (Å²) in [5.74, 6) is -4.00. The molecule has 27 heavy (non-hydrogen) atoms. The molecule has 0 aromatic heterocycles. The molecule has 1 aliphatic rings. The van der Waals surface area contributed by atoms with Crippen LogP contribution in [0.2, 0.25) is 0 Å². The van der Waals surface area contributed by atoms with Crippen molar-refractivity contribution in [2.24, 2.45) is 0 Å². The van der Waals surface area contributed by atoms with Crippen molar-refractivity contribution in [2.75, 3.05) is 4.90 Å². The van der Waals surface area contributed by atoms with E-state index in [0.29, 0.717) is 16.5 Å². The van der Waals surface area contributed by atoms with E-state index < -0.39 is 23.8 Å². The highest BCUT2D eigenvalue weighted by atomic mass is 16.4. The molecule has 0 spiro atoms. The molecular weight excluding hydrogens is 350 g/mol. The monoisotopic (exact) mass is 361 g/mol. The van der Waals surface area contributed by atoms with Gasteiger partial charge in [-0.1, -0.05) is 24.3 Å². The van der Waals surface area contributed by atoms with E-state index in [9.17, 15) is 29.4 Å². The van der Waals surface area contributed by atoms with Gasteiger partial charge in [-0.3, -0.25) is 9.59 Å². The molecule has 1 aliphatic heterocycles. The Morgan fingerprint density at radius 3 is 1.67 bits per heavy atom. The molecular formula is C20H11NO6. The van der Waals surface area contributed by atoms with Gasteiger partial charge < -0.3 is 10.2 Å². The summed E-state index contributed by atoms with van der Waals surface area (Å²) in [6.45, 7) is 0. The van der Waals surface area contributed by atoms with Crippen molar-refractivity contribution >= 4 is 40.2 Å². The van der Waals surface area contributed by atoms with Gasteiger partial charge in [0.25, 0.3) is 11.8 Å². The first-order valence-corrected chi connectivity index (χ1v) is 7.90. The molecule has 3 aromatic rings. The van der Waals surface area contributed by atoms with Crippen LogP contribution in [0.4, 0.5) is 5.69 Å². The molecule has 0 fully saturated rings. The standard InChI is InChI=1S/C20H11NO6/c22-17-14-5-1-3-10-4-2-6-15(16(10)14)18(23)21(17)13-8-11(19(24)25)7-12(9-13)20(26)27/h1-9H,(H,24,25)(H,26,27).